The molecule has 1 rings (SSSR count). The fraction of sp³-hybridized carbons (Fsp3) is 0.571. The Kier molecular flexibility index (Phi) is 6.87. The minimum absolute atomic E-state index is 0.0138. The molecule has 0 spiro atoms. The van der Waals surface area contributed by atoms with Crippen LogP contribution in [0.5, 0.6) is 0 Å². The predicted molar refractivity (Wildman–Crippen MR) is 81.0 cm³/mol. The molecule has 5 heteroatoms. The first-order valence-electron chi connectivity index (χ1n) is 6.54. The van der Waals surface area contributed by atoms with Gasteiger partial charge in [0.25, 0.3) is 0 Å². The van der Waals surface area contributed by atoms with Gasteiger partial charge < -0.3 is 10.6 Å². The number of carbonyl (C=O) groups excluding carboxylic acids is 1. The van der Waals surface area contributed by atoms with Crippen LogP contribution in [0, 0.1) is 6.92 Å². The number of hydrogen-bond acceptors (Lipinski definition) is 4. The third kappa shape index (κ3) is 5.20. The summed E-state index contributed by atoms with van der Waals surface area (Å²) in [4.78, 5) is 18.4. The number of pyridine rings is 1. The standard InChI is InChI=1S/C14H23N3OS/c1-4-17(14(18)13(15)8-9-19-3)10-12-7-5-6-11(2)16-12/h5-7,13H,4,8-10,15H2,1-3H3/t13-/m1/s1. The van der Waals surface area contributed by atoms with E-state index in [0.717, 1.165) is 23.6 Å². The highest BCUT2D eigenvalue weighted by molar-refractivity contribution is 7.98. The summed E-state index contributed by atoms with van der Waals surface area (Å²) in [6.07, 6.45) is 2.74. The zero-order chi connectivity index (χ0) is 14.3. The molecule has 0 saturated carbocycles. The minimum Gasteiger partial charge on any atom is -0.336 e. The number of rotatable bonds is 7. The highest BCUT2D eigenvalue weighted by Gasteiger charge is 2.19. The Labute approximate surface area is 119 Å². The second-order valence-electron chi connectivity index (χ2n) is 4.51. The minimum atomic E-state index is -0.405. The number of aromatic nitrogens is 1. The van der Waals surface area contributed by atoms with Crippen molar-refractivity contribution in [1.29, 1.82) is 0 Å². The normalized spacial score (nSPS) is 12.2. The van der Waals surface area contributed by atoms with Gasteiger partial charge in [-0.05, 0) is 44.4 Å². The molecule has 106 valence electrons. The summed E-state index contributed by atoms with van der Waals surface area (Å²) >= 11 is 1.71. The third-order valence-electron chi connectivity index (χ3n) is 2.94. The van der Waals surface area contributed by atoms with Gasteiger partial charge in [0.2, 0.25) is 5.91 Å². The fourth-order valence-corrected chi connectivity index (χ4v) is 2.32. The van der Waals surface area contributed by atoms with E-state index in [0.29, 0.717) is 13.1 Å². The molecule has 1 aromatic heterocycles. The molecule has 0 fully saturated rings. The zero-order valence-electron chi connectivity index (χ0n) is 11.9. The Morgan fingerprint density at radius 1 is 1.53 bits per heavy atom. The molecule has 0 radical (unpaired) electrons. The molecule has 0 aliphatic carbocycles. The second-order valence-corrected chi connectivity index (χ2v) is 5.50. The molecule has 2 N–H and O–H groups in total. The zero-order valence-corrected chi connectivity index (χ0v) is 12.7. The molecule has 4 nitrogen and oxygen atoms in total. The average Bonchev–Trinajstić information content (AvgIpc) is 2.41. The number of carbonyl (C=O) groups is 1. The first-order chi connectivity index (χ1) is 9.08. The van der Waals surface area contributed by atoms with Crippen molar-refractivity contribution in [3.8, 4) is 0 Å². The Hall–Kier alpha value is -1.07. The molecule has 0 unspecified atom stereocenters. The average molecular weight is 281 g/mol. The maximum absolute atomic E-state index is 12.2. The summed E-state index contributed by atoms with van der Waals surface area (Å²) in [5.74, 6) is 0.924. The Morgan fingerprint density at radius 3 is 2.84 bits per heavy atom. The van der Waals surface area contributed by atoms with Crippen LogP contribution < -0.4 is 5.73 Å². The highest BCUT2D eigenvalue weighted by atomic mass is 32.2. The van der Waals surface area contributed by atoms with Crippen LogP contribution in [0.4, 0.5) is 0 Å². The van der Waals surface area contributed by atoms with Crippen molar-refractivity contribution in [3.05, 3.63) is 29.6 Å². The van der Waals surface area contributed by atoms with Gasteiger partial charge in [0.05, 0.1) is 18.3 Å². The van der Waals surface area contributed by atoms with E-state index in [9.17, 15) is 4.79 Å². The Morgan fingerprint density at radius 2 is 2.26 bits per heavy atom. The highest BCUT2D eigenvalue weighted by Crippen LogP contribution is 2.07. The number of aryl methyl sites for hydroxylation is 1. The molecule has 1 heterocycles. The SMILES string of the molecule is CCN(Cc1cccc(C)n1)C(=O)[C@H](N)CCSC. The van der Waals surface area contributed by atoms with Gasteiger partial charge in [-0.1, -0.05) is 6.07 Å². The summed E-state index contributed by atoms with van der Waals surface area (Å²) in [5.41, 5.74) is 7.81. The molecular formula is C14H23N3OS. The van der Waals surface area contributed by atoms with Gasteiger partial charge in [-0.25, -0.2) is 0 Å². The van der Waals surface area contributed by atoms with Crippen LogP contribution in [-0.4, -0.2) is 40.4 Å². The first-order valence-corrected chi connectivity index (χ1v) is 7.93. The lowest BCUT2D eigenvalue weighted by Gasteiger charge is -2.24. The lowest BCUT2D eigenvalue weighted by atomic mass is 10.2. The molecule has 0 bridgehead atoms. The molecule has 0 saturated heterocycles. The van der Waals surface area contributed by atoms with Crippen molar-refractivity contribution >= 4 is 17.7 Å². The summed E-state index contributed by atoms with van der Waals surface area (Å²) in [6, 6.07) is 5.45. The van der Waals surface area contributed by atoms with Crippen molar-refractivity contribution < 1.29 is 4.79 Å². The van der Waals surface area contributed by atoms with Gasteiger partial charge in [0.15, 0.2) is 0 Å². The monoisotopic (exact) mass is 281 g/mol. The Balaban J connectivity index is 2.64. The smallest absolute Gasteiger partial charge is 0.239 e. The van der Waals surface area contributed by atoms with E-state index in [1.807, 2.05) is 38.3 Å². The molecule has 1 atom stereocenters. The first kappa shape index (κ1) is 16.0. The van der Waals surface area contributed by atoms with E-state index in [-0.39, 0.29) is 5.91 Å². The van der Waals surface area contributed by atoms with Gasteiger partial charge in [-0.2, -0.15) is 11.8 Å². The molecule has 0 aliphatic rings. The van der Waals surface area contributed by atoms with Crippen LogP contribution in [0.1, 0.15) is 24.7 Å². The van der Waals surface area contributed by atoms with Crippen LogP contribution in [-0.2, 0) is 11.3 Å². The largest absolute Gasteiger partial charge is 0.336 e. The topological polar surface area (TPSA) is 59.2 Å². The van der Waals surface area contributed by atoms with Crippen molar-refractivity contribution in [3.63, 3.8) is 0 Å². The van der Waals surface area contributed by atoms with Crippen LogP contribution in [0.3, 0.4) is 0 Å². The van der Waals surface area contributed by atoms with E-state index in [1.165, 1.54) is 0 Å². The number of hydrogen-bond donors (Lipinski definition) is 1. The van der Waals surface area contributed by atoms with Crippen LogP contribution in [0.25, 0.3) is 0 Å². The third-order valence-corrected chi connectivity index (χ3v) is 3.59. The van der Waals surface area contributed by atoms with Gasteiger partial charge in [-0.3, -0.25) is 9.78 Å². The number of likely N-dealkylation sites (N-methyl/N-ethyl adjacent to an activating group) is 1. The number of nitrogens with two attached hydrogens (primary N) is 1. The number of thioether (sulfide) groups is 1. The quantitative estimate of drug-likeness (QED) is 0.828. The lowest BCUT2D eigenvalue weighted by Crippen LogP contribution is -2.43. The van der Waals surface area contributed by atoms with Crippen LogP contribution >= 0.6 is 11.8 Å². The molecule has 19 heavy (non-hydrogen) atoms. The van der Waals surface area contributed by atoms with Crippen LogP contribution in [0.15, 0.2) is 18.2 Å². The summed E-state index contributed by atoms with van der Waals surface area (Å²) < 4.78 is 0. The maximum Gasteiger partial charge on any atom is 0.239 e. The molecule has 1 amide bonds. The van der Waals surface area contributed by atoms with Crippen molar-refractivity contribution in [2.24, 2.45) is 5.73 Å². The van der Waals surface area contributed by atoms with Gasteiger partial charge >= 0.3 is 0 Å². The number of nitrogens with zero attached hydrogens (tertiary/aromatic N) is 2. The molecule has 0 aliphatic heterocycles. The van der Waals surface area contributed by atoms with Crippen molar-refractivity contribution in [2.45, 2.75) is 32.9 Å². The van der Waals surface area contributed by atoms with Crippen molar-refractivity contribution in [1.82, 2.24) is 9.88 Å². The predicted octanol–water partition coefficient (Wildman–Crippen LogP) is 1.82. The number of amides is 1. The second kappa shape index (κ2) is 8.17. The van der Waals surface area contributed by atoms with E-state index >= 15 is 0 Å². The summed E-state index contributed by atoms with van der Waals surface area (Å²) in [7, 11) is 0. The van der Waals surface area contributed by atoms with E-state index < -0.39 is 6.04 Å². The van der Waals surface area contributed by atoms with E-state index in [4.69, 9.17) is 5.73 Å². The lowest BCUT2D eigenvalue weighted by molar-refractivity contribution is -0.133. The summed E-state index contributed by atoms with van der Waals surface area (Å²) in [5, 5.41) is 0. The van der Waals surface area contributed by atoms with Gasteiger partial charge in [0, 0.05) is 12.2 Å². The van der Waals surface area contributed by atoms with Gasteiger partial charge in [0.1, 0.15) is 0 Å². The van der Waals surface area contributed by atoms with Crippen LogP contribution in [0.2, 0.25) is 0 Å². The van der Waals surface area contributed by atoms with Gasteiger partial charge in [-0.15, -0.1) is 0 Å². The molecular weight excluding hydrogens is 258 g/mol. The maximum atomic E-state index is 12.2. The van der Waals surface area contributed by atoms with Crippen molar-refractivity contribution in [2.75, 3.05) is 18.6 Å². The fourth-order valence-electron chi connectivity index (χ4n) is 1.83. The van der Waals surface area contributed by atoms with E-state index in [2.05, 4.69) is 4.98 Å². The van der Waals surface area contributed by atoms with E-state index in [1.54, 1.807) is 16.7 Å². The molecule has 1 aromatic rings. The molecule has 0 aromatic carbocycles. The Bertz CT molecular complexity index is 411. The summed E-state index contributed by atoms with van der Waals surface area (Å²) in [6.45, 7) is 5.10.